The van der Waals surface area contributed by atoms with Crippen molar-refractivity contribution in [3.8, 4) is 5.69 Å². The number of hydrogen-bond donors (Lipinski definition) is 1. The number of imidazole rings is 1. The van der Waals surface area contributed by atoms with Gasteiger partial charge in [0.25, 0.3) is 5.91 Å². The second-order valence-electron chi connectivity index (χ2n) is 6.66. The molecule has 2 heterocycles. The summed E-state index contributed by atoms with van der Waals surface area (Å²) in [6.45, 7) is 3.41. The Morgan fingerprint density at radius 3 is 2.52 bits per heavy atom. The van der Waals surface area contributed by atoms with E-state index >= 15 is 0 Å². The Balaban J connectivity index is 1.61. The van der Waals surface area contributed by atoms with Gasteiger partial charge in [-0.05, 0) is 55.8 Å². The van der Waals surface area contributed by atoms with Gasteiger partial charge in [0.1, 0.15) is 11.8 Å². The lowest BCUT2D eigenvalue weighted by Crippen LogP contribution is -2.29. The number of rotatable bonds is 4. The van der Waals surface area contributed by atoms with Gasteiger partial charge in [-0.2, -0.15) is 0 Å². The lowest BCUT2D eigenvalue weighted by molar-refractivity contribution is 0.100. The molecule has 0 unspecified atom stereocenters. The van der Waals surface area contributed by atoms with E-state index in [1.165, 1.54) is 37.9 Å². The van der Waals surface area contributed by atoms with Crippen LogP contribution in [0.3, 0.4) is 0 Å². The first-order chi connectivity index (χ1) is 12.2. The van der Waals surface area contributed by atoms with Crippen LogP contribution >= 0.6 is 0 Å². The highest BCUT2D eigenvalue weighted by Crippen LogP contribution is 2.22. The Labute approximate surface area is 147 Å². The summed E-state index contributed by atoms with van der Waals surface area (Å²) in [7, 11) is 0. The minimum absolute atomic E-state index is 0.451. The lowest BCUT2D eigenvalue weighted by Gasteiger charge is -2.26. The highest BCUT2D eigenvalue weighted by Gasteiger charge is 2.13. The molecule has 0 saturated carbocycles. The fraction of sp³-hybridized carbons (Fsp3) is 0.300. The Morgan fingerprint density at radius 2 is 1.80 bits per heavy atom. The monoisotopic (exact) mass is 334 g/mol. The van der Waals surface area contributed by atoms with Crippen LogP contribution in [0, 0.1) is 0 Å². The Bertz CT molecular complexity index is 892. The largest absolute Gasteiger partial charge is 0.366 e. The highest BCUT2D eigenvalue weighted by molar-refractivity contribution is 6.04. The molecule has 25 heavy (non-hydrogen) atoms. The number of hydrogen-bond acceptors (Lipinski definition) is 3. The van der Waals surface area contributed by atoms with Gasteiger partial charge >= 0.3 is 0 Å². The zero-order valence-electron chi connectivity index (χ0n) is 14.2. The second kappa shape index (κ2) is 6.69. The van der Waals surface area contributed by atoms with Crippen molar-refractivity contribution in [1.29, 1.82) is 0 Å². The van der Waals surface area contributed by atoms with E-state index in [0.29, 0.717) is 11.1 Å². The van der Waals surface area contributed by atoms with Crippen molar-refractivity contribution >= 4 is 16.9 Å². The predicted octanol–water partition coefficient (Wildman–Crippen LogP) is 3.11. The number of aromatic nitrogens is 2. The van der Waals surface area contributed by atoms with Gasteiger partial charge in [0, 0.05) is 12.2 Å². The molecule has 2 aromatic carbocycles. The molecule has 2 N–H and O–H groups in total. The van der Waals surface area contributed by atoms with Crippen LogP contribution in [0.5, 0.6) is 0 Å². The van der Waals surface area contributed by atoms with Gasteiger partial charge in [-0.3, -0.25) is 14.3 Å². The summed E-state index contributed by atoms with van der Waals surface area (Å²) >= 11 is 0. The molecule has 128 valence electrons. The standard InChI is InChI=1S/C20H22N4O/c21-20(25)17-5-4-6-18-19(17)22-14-24(18)16-9-7-15(8-10-16)13-23-11-2-1-3-12-23/h4-10,14H,1-3,11-13H2,(H2,21,25). The maximum atomic E-state index is 11.6. The number of likely N-dealkylation sites (tertiary alicyclic amines) is 1. The van der Waals surface area contributed by atoms with Crippen LogP contribution in [-0.2, 0) is 6.54 Å². The molecule has 4 rings (SSSR count). The van der Waals surface area contributed by atoms with Crippen molar-refractivity contribution < 1.29 is 4.79 Å². The smallest absolute Gasteiger partial charge is 0.250 e. The maximum absolute atomic E-state index is 11.6. The summed E-state index contributed by atoms with van der Waals surface area (Å²) in [6, 6.07) is 14.1. The number of carbonyl (C=O) groups is 1. The molecule has 3 aromatic rings. The molecule has 1 saturated heterocycles. The average Bonchev–Trinajstić information content (AvgIpc) is 3.07. The molecule has 1 aromatic heterocycles. The fourth-order valence-electron chi connectivity index (χ4n) is 3.58. The number of benzene rings is 2. The van der Waals surface area contributed by atoms with Crippen LogP contribution in [0.4, 0.5) is 0 Å². The number of carbonyl (C=O) groups excluding carboxylic acids is 1. The minimum atomic E-state index is -0.451. The van der Waals surface area contributed by atoms with E-state index in [9.17, 15) is 4.79 Å². The van der Waals surface area contributed by atoms with E-state index in [-0.39, 0.29) is 0 Å². The van der Waals surface area contributed by atoms with Crippen LogP contribution in [0.15, 0.2) is 48.8 Å². The van der Waals surface area contributed by atoms with Gasteiger partial charge in [-0.1, -0.05) is 24.6 Å². The summed E-state index contributed by atoms with van der Waals surface area (Å²) in [5.41, 5.74) is 9.80. The SMILES string of the molecule is NC(=O)c1cccc2c1ncn2-c1ccc(CN2CCCCC2)cc1. The molecule has 1 aliphatic rings. The molecule has 0 aliphatic carbocycles. The van der Waals surface area contributed by atoms with E-state index in [4.69, 9.17) is 5.73 Å². The summed E-state index contributed by atoms with van der Waals surface area (Å²) in [5, 5.41) is 0. The van der Waals surface area contributed by atoms with Crippen LogP contribution in [0.25, 0.3) is 16.7 Å². The van der Waals surface area contributed by atoms with Crippen molar-refractivity contribution in [3.63, 3.8) is 0 Å². The van der Waals surface area contributed by atoms with Crippen molar-refractivity contribution in [2.45, 2.75) is 25.8 Å². The number of primary amides is 1. The third-order valence-electron chi connectivity index (χ3n) is 4.91. The van der Waals surface area contributed by atoms with Crippen LogP contribution in [0.1, 0.15) is 35.2 Å². The van der Waals surface area contributed by atoms with Gasteiger partial charge in [-0.15, -0.1) is 0 Å². The van der Waals surface area contributed by atoms with E-state index in [2.05, 4.69) is 34.1 Å². The van der Waals surface area contributed by atoms with Gasteiger partial charge in [0.05, 0.1) is 11.1 Å². The molecule has 0 radical (unpaired) electrons. The van der Waals surface area contributed by atoms with Crippen molar-refractivity contribution in [2.75, 3.05) is 13.1 Å². The van der Waals surface area contributed by atoms with Crippen molar-refractivity contribution in [2.24, 2.45) is 5.73 Å². The number of para-hydroxylation sites is 1. The summed E-state index contributed by atoms with van der Waals surface area (Å²) < 4.78 is 1.99. The normalized spacial score (nSPS) is 15.5. The third-order valence-corrected chi connectivity index (χ3v) is 4.91. The topological polar surface area (TPSA) is 64.2 Å². The van der Waals surface area contributed by atoms with E-state index < -0.39 is 5.91 Å². The quantitative estimate of drug-likeness (QED) is 0.797. The van der Waals surface area contributed by atoms with Gasteiger partial charge in [0.2, 0.25) is 0 Å². The van der Waals surface area contributed by atoms with Gasteiger partial charge in [-0.25, -0.2) is 4.98 Å². The molecule has 5 heteroatoms. The fourth-order valence-corrected chi connectivity index (χ4v) is 3.58. The Morgan fingerprint density at radius 1 is 1.04 bits per heavy atom. The number of amides is 1. The summed E-state index contributed by atoms with van der Waals surface area (Å²) in [6.07, 6.45) is 5.72. The van der Waals surface area contributed by atoms with Gasteiger partial charge in [0.15, 0.2) is 0 Å². The number of nitrogens with two attached hydrogens (primary N) is 1. The number of fused-ring (bicyclic) bond motifs is 1. The first-order valence-corrected chi connectivity index (χ1v) is 8.80. The number of piperidine rings is 1. The summed E-state index contributed by atoms with van der Waals surface area (Å²) in [4.78, 5) is 18.5. The predicted molar refractivity (Wildman–Crippen MR) is 98.7 cm³/mol. The van der Waals surface area contributed by atoms with Crippen LogP contribution in [-0.4, -0.2) is 33.4 Å². The molecule has 0 bridgehead atoms. The molecule has 1 amide bonds. The molecular weight excluding hydrogens is 312 g/mol. The minimum Gasteiger partial charge on any atom is -0.366 e. The third kappa shape index (κ3) is 3.15. The van der Waals surface area contributed by atoms with E-state index in [1.807, 2.05) is 16.7 Å². The molecule has 0 spiro atoms. The molecule has 5 nitrogen and oxygen atoms in total. The van der Waals surface area contributed by atoms with E-state index in [0.717, 1.165) is 17.7 Å². The zero-order chi connectivity index (χ0) is 17.2. The molecule has 0 atom stereocenters. The highest BCUT2D eigenvalue weighted by atomic mass is 16.1. The van der Waals surface area contributed by atoms with Crippen LogP contribution in [0.2, 0.25) is 0 Å². The lowest BCUT2D eigenvalue weighted by atomic mass is 10.1. The van der Waals surface area contributed by atoms with E-state index in [1.54, 1.807) is 12.4 Å². The zero-order valence-corrected chi connectivity index (χ0v) is 14.2. The average molecular weight is 334 g/mol. The Kier molecular flexibility index (Phi) is 4.24. The Hall–Kier alpha value is -2.66. The molecule has 1 aliphatic heterocycles. The summed E-state index contributed by atoms with van der Waals surface area (Å²) in [5.74, 6) is -0.451. The first-order valence-electron chi connectivity index (χ1n) is 8.80. The molecular formula is C20H22N4O. The maximum Gasteiger partial charge on any atom is 0.250 e. The van der Waals surface area contributed by atoms with Crippen LogP contribution < -0.4 is 5.73 Å². The number of nitrogens with zero attached hydrogens (tertiary/aromatic N) is 3. The van der Waals surface area contributed by atoms with Crippen molar-refractivity contribution in [1.82, 2.24) is 14.5 Å². The first kappa shape index (κ1) is 15.8. The second-order valence-corrected chi connectivity index (χ2v) is 6.66. The molecule has 1 fully saturated rings. The van der Waals surface area contributed by atoms with Crippen molar-refractivity contribution in [3.05, 3.63) is 59.9 Å². The van der Waals surface area contributed by atoms with Gasteiger partial charge < -0.3 is 5.73 Å².